The molecule has 22 heavy (non-hydrogen) atoms. The molecule has 116 valence electrons. The van der Waals surface area contributed by atoms with Crippen molar-refractivity contribution in [3.8, 4) is 0 Å². The summed E-state index contributed by atoms with van der Waals surface area (Å²) >= 11 is 1.17. The Labute approximate surface area is 131 Å². The molecule has 0 aromatic carbocycles. The van der Waals surface area contributed by atoms with E-state index in [1.807, 2.05) is 13.8 Å². The number of carbonyl (C=O) groups excluding carboxylic acids is 2. The molecule has 0 bridgehead atoms. The minimum atomic E-state index is -0.400. The van der Waals surface area contributed by atoms with Gasteiger partial charge in [0.2, 0.25) is 5.76 Å². The van der Waals surface area contributed by atoms with Crippen LogP contribution in [0.4, 0.5) is 5.13 Å². The molecule has 1 aliphatic heterocycles. The van der Waals surface area contributed by atoms with Crippen molar-refractivity contribution in [1.29, 1.82) is 0 Å². The van der Waals surface area contributed by atoms with Crippen LogP contribution in [-0.2, 0) is 6.42 Å². The smallest absolute Gasteiger partial charge is 0.295 e. The SMILES string of the molecule is Cc1nc(C(C)C)oc1C(=O)Nc1nc2c(s1)C(=O)NCC2. The first-order valence-electron chi connectivity index (χ1n) is 7.02. The second kappa shape index (κ2) is 5.53. The summed E-state index contributed by atoms with van der Waals surface area (Å²) in [6.07, 6.45) is 0.673. The third-order valence-corrected chi connectivity index (χ3v) is 4.30. The lowest BCUT2D eigenvalue weighted by Crippen LogP contribution is -2.30. The van der Waals surface area contributed by atoms with Crippen molar-refractivity contribution < 1.29 is 14.0 Å². The monoisotopic (exact) mass is 320 g/mol. The van der Waals surface area contributed by atoms with E-state index < -0.39 is 5.91 Å². The highest BCUT2D eigenvalue weighted by molar-refractivity contribution is 7.17. The lowest BCUT2D eigenvalue weighted by Gasteiger charge is -2.09. The van der Waals surface area contributed by atoms with Crippen molar-refractivity contribution in [3.63, 3.8) is 0 Å². The van der Waals surface area contributed by atoms with E-state index >= 15 is 0 Å². The van der Waals surface area contributed by atoms with E-state index in [4.69, 9.17) is 4.42 Å². The van der Waals surface area contributed by atoms with Crippen LogP contribution in [0.2, 0.25) is 0 Å². The Morgan fingerprint density at radius 2 is 2.18 bits per heavy atom. The number of aryl methyl sites for hydroxylation is 1. The van der Waals surface area contributed by atoms with Crippen LogP contribution in [0.25, 0.3) is 0 Å². The number of anilines is 1. The molecule has 0 unspecified atom stereocenters. The molecule has 0 atom stereocenters. The molecule has 0 fully saturated rings. The zero-order valence-corrected chi connectivity index (χ0v) is 13.3. The molecule has 0 spiro atoms. The normalized spacial score (nSPS) is 13.9. The van der Waals surface area contributed by atoms with E-state index in [1.54, 1.807) is 6.92 Å². The molecule has 3 rings (SSSR count). The minimum absolute atomic E-state index is 0.108. The van der Waals surface area contributed by atoms with Crippen molar-refractivity contribution in [2.75, 3.05) is 11.9 Å². The highest BCUT2D eigenvalue weighted by atomic mass is 32.1. The van der Waals surface area contributed by atoms with Crippen molar-refractivity contribution in [2.45, 2.75) is 33.1 Å². The fraction of sp³-hybridized carbons (Fsp3) is 0.429. The van der Waals surface area contributed by atoms with Gasteiger partial charge in [0.15, 0.2) is 11.0 Å². The molecule has 0 saturated heterocycles. The van der Waals surface area contributed by atoms with Gasteiger partial charge in [0.05, 0.1) is 11.4 Å². The Hall–Kier alpha value is -2.22. The van der Waals surface area contributed by atoms with Crippen LogP contribution in [0.3, 0.4) is 0 Å². The van der Waals surface area contributed by atoms with Crippen LogP contribution >= 0.6 is 11.3 Å². The highest BCUT2D eigenvalue weighted by Crippen LogP contribution is 2.26. The number of hydrogen-bond donors (Lipinski definition) is 2. The highest BCUT2D eigenvalue weighted by Gasteiger charge is 2.24. The molecule has 2 aromatic heterocycles. The number of nitrogens with zero attached hydrogens (tertiary/aromatic N) is 2. The van der Waals surface area contributed by atoms with Gasteiger partial charge in [-0.15, -0.1) is 0 Å². The Bertz CT molecular complexity index is 747. The molecule has 0 radical (unpaired) electrons. The molecule has 2 aromatic rings. The van der Waals surface area contributed by atoms with E-state index in [2.05, 4.69) is 20.6 Å². The average molecular weight is 320 g/mol. The first-order valence-corrected chi connectivity index (χ1v) is 7.84. The number of fused-ring (bicyclic) bond motifs is 1. The van der Waals surface area contributed by atoms with Crippen LogP contribution in [0, 0.1) is 6.92 Å². The number of oxazole rings is 1. The number of aromatic nitrogens is 2. The van der Waals surface area contributed by atoms with Crippen LogP contribution in [-0.4, -0.2) is 28.3 Å². The van der Waals surface area contributed by atoms with Crippen molar-refractivity contribution in [1.82, 2.24) is 15.3 Å². The first kappa shape index (κ1) is 14.7. The van der Waals surface area contributed by atoms with Gasteiger partial charge in [0.25, 0.3) is 11.8 Å². The molecule has 3 heterocycles. The largest absolute Gasteiger partial charge is 0.435 e. The van der Waals surface area contributed by atoms with Gasteiger partial charge in [-0.3, -0.25) is 14.9 Å². The van der Waals surface area contributed by atoms with Gasteiger partial charge in [0, 0.05) is 18.9 Å². The summed E-state index contributed by atoms with van der Waals surface area (Å²) in [5.74, 6) is 0.276. The minimum Gasteiger partial charge on any atom is -0.435 e. The Morgan fingerprint density at radius 1 is 1.41 bits per heavy atom. The molecule has 8 heteroatoms. The fourth-order valence-corrected chi connectivity index (χ4v) is 3.08. The maximum Gasteiger partial charge on any atom is 0.295 e. The maximum atomic E-state index is 12.3. The lowest BCUT2D eigenvalue weighted by atomic mass is 10.2. The van der Waals surface area contributed by atoms with Crippen LogP contribution in [0.1, 0.15) is 57.3 Å². The quantitative estimate of drug-likeness (QED) is 0.902. The second-order valence-corrected chi connectivity index (χ2v) is 6.38. The molecule has 0 aliphatic carbocycles. The summed E-state index contributed by atoms with van der Waals surface area (Å²) in [7, 11) is 0. The standard InChI is InChI=1S/C14H16N4O3S/c1-6(2)13-16-7(3)9(21-13)11(19)18-14-17-8-4-5-15-12(20)10(8)22-14/h6H,4-5H2,1-3H3,(H,15,20)(H,17,18,19). The van der Waals surface area contributed by atoms with Crippen molar-refractivity contribution >= 4 is 28.3 Å². The van der Waals surface area contributed by atoms with Crippen molar-refractivity contribution in [2.24, 2.45) is 0 Å². The third-order valence-electron chi connectivity index (χ3n) is 3.28. The molecule has 2 N–H and O–H groups in total. The van der Waals surface area contributed by atoms with Gasteiger partial charge in [-0.1, -0.05) is 25.2 Å². The predicted molar refractivity (Wildman–Crippen MR) is 81.4 cm³/mol. The van der Waals surface area contributed by atoms with E-state index in [-0.39, 0.29) is 17.6 Å². The van der Waals surface area contributed by atoms with E-state index in [0.717, 1.165) is 5.69 Å². The van der Waals surface area contributed by atoms with Crippen molar-refractivity contribution in [3.05, 3.63) is 27.9 Å². The molecule has 1 aliphatic rings. The van der Waals surface area contributed by atoms with Crippen LogP contribution in [0.5, 0.6) is 0 Å². The number of thiazole rings is 1. The maximum absolute atomic E-state index is 12.3. The zero-order chi connectivity index (χ0) is 15.9. The second-order valence-electron chi connectivity index (χ2n) is 5.38. The van der Waals surface area contributed by atoms with Gasteiger partial charge in [-0.25, -0.2) is 9.97 Å². The molecular weight excluding hydrogens is 304 g/mol. The number of rotatable bonds is 3. The average Bonchev–Trinajstić information content (AvgIpc) is 3.03. The predicted octanol–water partition coefficient (Wildman–Crippen LogP) is 2.10. The fourth-order valence-electron chi connectivity index (χ4n) is 2.16. The van der Waals surface area contributed by atoms with Gasteiger partial charge in [-0.2, -0.15) is 0 Å². The third kappa shape index (κ3) is 2.61. The molecule has 0 saturated carbocycles. The summed E-state index contributed by atoms with van der Waals surface area (Å²) in [4.78, 5) is 33.1. The number of carbonyl (C=O) groups is 2. The Kier molecular flexibility index (Phi) is 3.69. The molecule has 7 nitrogen and oxygen atoms in total. The summed E-state index contributed by atoms with van der Waals surface area (Å²) in [6, 6.07) is 0. The van der Waals surface area contributed by atoms with Gasteiger partial charge in [-0.05, 0) is 6.92 Å². The Morgan fingerprint density at radius 3 is 2.82 bits per heavy atom. The van der Waals surface area contributed by atoms with Crippen LogP contribution in [0.15, 0.2) is 4.42 Å². The van der Waals surface area contributed by atoms with E-state index in [0.29, 0.717) is 34.6 Å². The van der Waals surface area contributed by atoms with Gasteiger partial charge < -0.3 is 9.73 Å². The lowest BCUT2D eigenvalue weighted by molar-refractivity contribution is 0.0948. The topological polar surface area (TPSA) is 97.1 Å². The van der Waals surface area contributed by atoms with Gasteiger partial charge in [0.1, 0.15) is 4.88 Å². The van der Waals surface area contributed by atoms with E-state index in [9.17, 15) is 9.59 Å². The first-order chi connectivity index (χ1) is 10.5. The number of nitrogens with one attached hydrogen (secondary N) is 2. The Balaban J connectivity index is 1.81. The van der Waals surface area contributed by atoms with Gasteiger partial charge >= 0.3 is 0 Å². The summed E-state index contributed by atoms with van der Waals surface area (Å²) in [5.41, 5.74) is 1.27. The zero-order valence-electron chi connectivity index (χ0n) is 12.5. The summed E-state index contributed by atoms with van der Waals surface area (Å²) < 4.78 is 5.51. The summed E-state index contributed by atoms with van der Waals surface area (Å²) in [5, 5.41) is 5.83. The molecule has 2 amide bonds. The summed E-state index contributed by atoms with van der Waals surface area (Å²) in [6.45, 7) is 6.19. The number of hydrogen-bond acceptors (Lipinski definition) is 6. The van der Waals surface area contributed by atoms with E-state index in [1.165, 1.54) is 11.3 Å². The van der Waals surface area contributed by atoms with Crippen LogP contribution < -0.4 is 10.6 Å². The molecular formula is C14H16N4O3S. The number of amides is 2.